The van der Waals surface area contributed by atoms with Crippen LogP contribution in [0.5, 0.6) is 5.75 Å². The molecule has 4 aromatic heterocycles. The molecule has 0 unspecified atom stereocenters. The quantitative estimate of drug-likeness (QED) is 0.141. The summed E-state index contributed by atoms with van der Waals surface area (Å²) in [4.78, 5) is 12.4. The molecule has 17 nitrogen and oxygen atoms in total. The van der Waals surface area contributed by atoms with Gasteiger partial charge in [0.1, 0.15) is 23.7 Å². The number of hydrogen-bond donors (Lipinski definition) is 3. The Bertz CT molecular complexity index is 2820. The van der Waals surface area contributed by atoms with E-state index in [2.05, 4.69) is 20.1 Å². The van der Waals surface area contributed by atoms with Gasteiger partial charge < -0.3 is 4.74 Å². The van der Waals surface area contributed by atoms with Crippen molar-refractivity contribution in [1.82, 2.24) is 39.0 Å². The predicted molar refractivity (Wildman–Crippen MR) is 232 cm³/mol. The van der Waals surface area contributed by atoms with E-state index >= 15 is 0 Å². The maximum Gasteiger partial charge on any atom is 0.294 e. The van der Waals surface area contributed by atoms with Crippen LogP contribution in [0.4, 0.5) is 0 Å². The highest BCUT2D eigenvalue weighted by molar-refractivity contribution is 7.88. The minimum atomic E-state index is -4.02. The summed E-state index contributed by atoms with van der Waals surface area (Å²) < 4.78 is 92.1. The van der Waals surface area contributed by atoms with Crippen LogP contribution in [0.15, 0.2) is 113 Å². The van der Waals surface area contributed by atoms with Crippen LogP contribution < -0.4 is 4.74 Å². The predicted octanol–water partition coefficient (Wildman–Crippen LogP) is 5.66. The number of aromatic nitrogens is 6. The fraction of sp³-hybridized carbons (Fsp3) is 0.250. The number of pyridine rings is 1. The summed E-state index contributed by atoms with van der Waals surface area (Å²) in [6, 6.07) is 25.9. The fourth-order valence-corrected chi connectivity index (χ4v) is 9.12. The summed E-state index contributed by atoms with van der Waals surface area (Å²) >= 11 is 1.55. The van der Waals surface area contributed by atoms with Gasteiger partial charge in [-0.2, -0.15) is 31.3 Å². The van der Waals surface area contributed by atoms with Gasteiger partial charge in [0.25, 0.3) is 20.2 Å². The molecule has 8 rings (SSSR count). The highest BCUT2D eigenvalue weighted by atomic mass is 32.2. The van der Waals surface area contributed by atoms with E-state index in [9.17, 15) is 25.3 Å². The number of hydrogen-bond acceptors (Lipinski definition) is 13. The van der Waals surface area contributed by atoms with Gasteiger partial charge in [-0.1, -0.05) is 65.7 Å². The van der Waals surface area contributed by atoms with E-state index in [1.165, 1.54) is 41.2 Å². The van der Waals surface area contributed by atoms with Crippen LogP contribution in [0, 0.1) is 20.8 Å². The van der Waals surface area contributed by atoms with E-state index in [1.807, 2.05) is 73.9 Å². The molecule has 0 bridgehead atoms. The van der Waals surface area contributed by atoms with Crippen LogP contribution in [-0.4, -0.2) is 119 Å². The number of ether oxygens (including phenoxy) is 1. The number of rotatable bonds is 10. The van der Waals surface area contributed by atoms with Crippen LogP contribution in [0.25, 0.3) is 38.0 Å². The number of sulfonamides is 1. The van der Waals surface area contributed by atoms with Gasteiger partial charge in [-0.15, -0.1) is 11.3 Å². The van der Waals surface area contributed by atoms with Crippen molar-refractivity contribution in [2.24, 2.45) is 0 Å². The lowest BCUT2D eigenvalue weighted by atomic mass is 10.1. The Hall–Kier alpha value is -5.39. The Labute approximate surface area is 358 Å². The third kappa shape index (κ3) is 11.9. The number of nitrogens with one attached hydrogen (secondary N) is 1. The zero-order valence-electron chi connectivity index (χ0n) is 33.6. The maximum absolute atomic E-state index is 11.7. The number of piperazine rings is 1. The van der Waals surface area contributed by atoms with Gasteiger partial charge in [0.2, 0.25) is 10.0 Å². The molecule has 0 radical (unpaired) electrons. The van der Waals surface area contributed by atoms with E-state index < -0.39 is 30.3 Å². The number of fused-ring (bicyclic) bond motifs is 1. The van der Waals surface area contributed by atoms with Gasteiger partial charge in [-0.3, -0.25) is 19.1 Å². The molecule has 0 spiro atoms. The SMILES string of the molecule is Cc1ccc(S(=O)(=O)O)cc1.Cc1ccc(S(=O)(=O)O)cc1.Cc1nn2ccc(OCCN3CCN(S(C)(=O)=O)CC3)cc2c1-c1nc(-c2ccccc2)c(-c2ncn[nH]2)s1. The second kappa shape index (κ2) is 19.1. The lowest BCUT2D eigenvalue weighted by Crippen LogP contribution is -2.49. The van der Waals surface area contributed by atoms with Crippen molar-refractivity contribution in [2.75, 3.05) is 45.6 Å². The molecule has 0 saturated carbocycles. The van der Waals surface area contributed by atoms with Crippen molar-refractivity contribution in [2.45, 2.75) is 30.6 Å². The third-order valence-corrected chi connectivity index (χ3v) is 13.5. The molecule has 5 heterocycles. The molecule has 0 amide bonds. The third-order valence-electron chi connectivity index (χ3n) is 9.41. The summed E-state index contributed by atoms with van der Waals surface area (Å²) in [6.45, 7) is 9.31. The lowest BCUT2D eigenvalue weighted by Gasteiger charge is -2.33. The van der Waals surface area contributed by atoms with E-state index in [4.69, 9.17) is 23.9 Å². The van der Waals surface area contributed by atoms with Crippen LogP contribution in [0.2, 0.25) is 0 Å². The van der Waals surface area contributed by atoms with Gasteiger partial charge in [-0.25, -0.2) is 22.9 Å². The molecule has 322 valence electrons. The lowest BCUT2D eigenvalue weighted by molar-refractivity contribution is 0.159. The van der Waals surface area contributed by atoms with Crippen LogP contribution in [-0.2, 0) is 30.3 Å². The van der Waals surface area contributed by atoms with Crippen LogP contribution in [0.1, 0.15) is 16.8 Å². The fourth-order valence-electron chi connectivity index (χ4n) is 6.19. The number of nitrogens with zero attached hydrogens (tertiary/aromatic N) is 7. The normalized spacial score (nSPS) is 13.9. The van der Waals surface area contributed by atoms with Crippen molar-refractivity contribution >= 4 is 47.1 Å². The van der Waals surface area contributed by atoms with E-state index in [-0.39, 0.29) is 9.79 Å². The average molecular weight is 909 g/mol. The Morgan fingerprint density at radius 2 is 1.38 bits per heavy atom. The molecule has 1 fully saturated rings. The van der Waals surface area contributed by atoms with Crippen molar-refractivity contribution in [3.8, 4) is 38.3 Å². The monoisotopic (exact) mass is 908 g/mol. The summed E-state index contributed by atoms with van der Waals surface area (Å²) in [5, 5.41) is 12.6. The second-order valence-corrected chi connectivity index (χ2v) is 19.8. The minimum Gasteiger partial charge on any atom is -0.492 e. The first kappa shape index (κ1) is 45.1. The molecule has 7 aromatic rings. The van der Waals surface area contributed by atoms with Gasteiger partial charge >= 0.3 is 0 Å². The van der Waals surface area contributed by atoms with Crippen LogP contribution in [0.3, 0.4) is 0 Å². The number of aryl methyl sites for hydroxylation is 3. The number of aromatic amines is 1. The summed E-state index contributed by atoms with van der Waals surface area (Å²) in [6.07, 6.45) is 4.66. The highest BCUT2D eigenvalue weighted by Gasteiger charge is 2.24. The van der Waals surface area contributed by atoms with Crippen molar-refractivity contribution < 1.29 is 39.1 Å². The summed E-state index contributed by atoms with van der Waals surface area (Å²) in [7, 11) is -11.2. The molecule has 3 N–H and O–H groups in total. The molecule has 0 atom stereocenters. The highest BCUT2D eigenvalue weighted by Crippen LogP contribution is 2.41. The average Bonchev–Trinajstić information content (AvgIpc) is 3.97. The zero-order valence-corrected chi connectivity index (χ0v) is 36.8. The van der Waals surface area contributed by atoms with E-state index in [0.29, 0.717) is 38.6 Å². The Kier molecular flexibility index (Phi) is 14.1. The standard InChI is InChI=1S/C26H28N8O3S2.2C7H8O3S/c1-18-22(26-29-23(19-6-4-3-5-7-19)24(38-26)25-27-17-28-30-25)21-16-20(8-9-34(21)31-18)37-15-14-32-10-12-33(13-11-32)39(2,35)36;2*1-6-2-4-7(5-3-6)11(8,9)10/h3-9,16-17H,10-15H2,1-2H3,(H,27,28,30);2*2-5H,1H3,(H,8,9,10). The summed E-state index contributed by atoms with van der Waals surface area (Å²) in [5.74, 6) is 1.42. The molecule has 21 heteroatoms. The van der Waals surface area contributed by atoms with Gasteiger partial charge in [-0.05, 0) is 51.1 Å². The first-order valence-corrected chi connectivity index (χ1v) is 24.2. The first-order valence-electron chi connectivity index (χ1n) is 18.7. The second-order valence-electron chi connectivity index (χ2n) is 14.0. The van der Waals surface area contributed by atoms with E-state index in [0.717, 1.165) is 61.3 Å². The molecule has 0 aliphatic carbocycles. The van der Waals surface area contributed by atoms with Gasteiger partial charge in [0.15, 0.2) is 5.82 Å². The number of H-pyrrole nitrogens is 1. The topological polar surface area (TPSA) is 230 Å². The van der Waals surface area contributed by atoms with Crippen molar-refractivity contribution in [3.63, 3.8) is 0 Å². The van der Waals surface area contributed by atoms with E-state index in [1.54, 1.807) is 35.6 Å². The minimum absolute atomic E-state index is 0.0666. The molecule has 1 aliphatic rings. The van der Waals surface area contributed by atoms with Gasteiger partial charge in [0.05, 0.1) is 43.4 Å². The maximum atomic E-state index is 11.7. The van der Waals surface area contributed by atoms with Crippen LogP contribution >= 0.6 is 11.3 Å². The zero-order chi connectivity index (χ0) is 44.0. The molecular formula is C40H44N8O9S4. The van der Waals surface area contributed by atoms with Crippen molar-refractivity contribution in [1.29, 1.82) is 0 Å². The first-order chi connectivity index (χ1) is 28.9. The summed E-state index contributed by atoms with van der Waals surface area (Å²) in [5.41, 5.74) is 6.48. The molecule has 61 heavy (non-hydrogen) atoms. The number of thiazole rings is 1. The largest absolute Gasteiger partial charge is 0.492 e. The molecular weight excluding hydrogens is 865 g/mol. The number of benzene rings is 3. The Balaban J connectivity index is 0.000000230. The Morgan fingerprint density at radius 3 is 1.90 bits per heavy atom. The Morgan fingerprint density at radius 1 is 0.787 bits per heavy atom. The smallest absolute Gasteiger partial charge is 0.294 e. The molecule has 3 aromatic carbocycles. The van der Waals surface area contributed by atoms with Crippen molar-refractivity contribution in [3.05, 3.63) is 120 Å². The van der Waals surface area contributed by atoms with Gasteiger partial charge in [0, 0.05) is 50.6 Å². The molecule has 1 saturated heterocycles. The molecule has 1 aliphatic heterocycles.